The van der Waals surface area contributed by atoms with Crippen LogP contribution in [0.2, 0.25) is 0 Å². The number of aromatic nitrogens is 3. The first-order valence-corrected chi connectivity index (χ1v) is 12.3. The lowest BCUT2D eigenvalue weighted by Crippen LogP contribution is -2.50. The second-order valence-corrected chi connectivity index (χ2v) is 10.1. The van der Waals surface area contributed by atoms with Gasteiger partial charge in [0.05, 0.1) is 18.3 Å². The molecule has 8 heteroatoms. The first-order valence-electron chi connectivity index (χ1n) is 10.2. The zero-order valence-electron chi connectivity index (χ0n) is 16.9. The number of carbonyl (C=O) groups is 1. The summed E-state index contributed by atoms with van der Waals surface area (Å²) in [7, 11) is 0.285. The molecule has 31 heavy (non-hydrogen) atoms. The Hall–Kier alpha value is -2.66. The summed E-state index contributed by atoms with van der Waals surface area (Å²) < 4.78 is 9.57. The lowest BCUT2D eigenvalue weighted by molar-refractivity contribution is -0.148. The highest BCUT2D eigenvalue weighted by Crippen LogP contribution is 2.58. The molecular weight excluding hydrogens is 431 g/mol. The third-order valence-electron chi connectivity index (χ3n) is 6.30. The summed E-state index contributed by atoms with van der Waals surface area (Å²) in [5.74, 6) is 0.650. The predicted octanol–water partition coefficient (Wildman–Crippen LogP) is 4.70. The van der Waals surface area contributed by atoms with Gasteiger partial charge in [0.1, 0.15) is 17.9 Å². The van der Waals surface area contributed by atoms with Gasteiger partial charge in [-0.15, -0.1) is 0 Å². The smallest absolute Gasteiger partial charge is 0.323 e. The van der Waals surface area contributed by atoms with Gasteiger partial charge >= 0.3 is 5.97 Å². The van der Waals surface area contributed by atoms with E-state index in [9.17, 15) is 4.79 Å². The number of ether oxygens (including phenoxy) is 1. The van der Waals surface area contributed by atoms with Crippen molar-refractivity contribution in [3.8, 4) is 0 Å². The summed E-state index contributed by atoms with van der Waals surface area (Å²) in [5.41, 5.74) is 4.56. The number of fused-ring (bicyclic) bond motifs is 5. The van der Waals surface area contributed by atoms with Crippen molar-refractivity contribution in [1.82, 2.24) is 18.6 Å². The number of methoxy groups -OCH3 is 1. The van der Waals surface area contributed by atoms with Crippen LogP contribution in [0.3, 0.4) is 0 Å². The fourth-order valence-corrected chi connectivity index (χ4v) is 7.32. The lowest BCUT2D eigenvalue weighted by Gasteiger charge is -2.43. The Kier molecular flexibility index (Phi) is 4.42. The number of esters is 1. The maximum Gasteiger partial charge on any atom is 0.323 e. The lowest BCUT2D eigenvalue weighted by atomic mass is 9.90. The van der Waals surface area contributed by atoms with E-state index in [1.165, 1.54) is 12.7 Å². The number of halogens is 1. The Morgan fingerprint density at radius 2 is 1.97 bits per heavy atom. The van der Waals surface area contributed by atoms with Crippen LogP contribution in [0, 0.1) is 0 Å². The number of hydrogen-bond acceptors (Lipinski definition) is 4. The van der Waals surface area contributed by atoms with Gasteiger partial charge < -0.3 is 4.74 Å². The van der Waals surface area contributed by atoms with Gasteiger partial charge in [-0.25, -0.2) is 4.98 Å². The van der Waals surface area contributed by atoms with Crippen molar-refractivity contribution in [3.05, 3.63) is 89.6 Å². The van der Waals surface area contributed by atoms with Crippen LogP contribution in [0.5, 0.6) is 0 Å². The summed E-state index contributed by atoms with van der Waals surface area (Å²) in [6.07, 6.45) is 4.32. The standard InChI is InChI=1S/C23H20ClN4O2P/c1-30-23(29)19-13-17-16-9-5-6-10-18(16)28-20(17)21(22-25-11-12-27(22)31(28)24)26(19)14-15-7-3-2-4-8-15/h2-12,19,21H,13-14H2,1H3/t19-,21-,31?/m0/s1. The molecule has 2 aliphatic rings. The zero-order valence-corrected chi connectivity index (χ0v) is 18.5. The summed E-state index contributed by atoms with van der Waals surface area (Å²) in [6, 6.07) is 17.9. The quantitative estimate of drug-likeness (QED) is 0.335. The number of imidazole rings is 1. The van der Waals surface area contributed by atoms with Crippen molar-refractivity contribution in [2.45, 2.75) is 25.0 Å². The normalized spacial score (nSPS) is 22.2. The van der Waals surface area contributed by atoms with E-state index in [0.717, 1.165) is 28.0 Å². The summed E-state index contributed by atoms with van der Waals surface area (Å²) in [5, 5.41) is 1.15. The Bertz CT molecular complexity index is 1300. The summed E-state index contributed by atoms with van der Waals surface area (Å²) >= 11 is 7.03. The molecule has 4 heterocycles. The molecule has 0 bridgehead atoms. The molecule has 0 aliphatic carbocycles. The van der Waals surface area contributed by atoms with Gasteiger partial charge in [-0.05, 0) is 28.4 Å². The van der Waals surface area contributed by atoms with Crippen LogP contribution in [0.1, 0.15) is 28.7 Å². The average Bonchev–Trinajstić information content (AvgIpc) is 3.42. The summed E-state index contributed by atoms with van der Waals surface area (Å²) in [4.78, 5) is 19.9. The number of benzene rings is 2. The molecule has 0 amide bonds. The van der Waals surface area contributed by atoms with E-state index < -0.39 is 13.6 Å². The van der Waals surface area contributed by atoms with Gasteiger partial charge in [-0.2, -0.15) is 0 Å². The maximum atomic E-state index is 13.0. The van der Waals surface area contributed by atoms with Crippen molar-refractivity contribution in [2.24, 2.45) is 0 Å². The second-order valence-electron chi connectivity index (χ2n) is 7.87. The molecule has 4 aromatic rings. The molecule has 1 unspecified atom stereocenters. The highest BCUT2D eigenvalue weighted by atomic mass is 35.7. The molecule has 0 radical (unpaired) electrons. The van der Waals surface area contributed by atoms with Crippen molar-refractivity contribution in [3.63, 3.8) is 0 Å². The third-order valence-corrected chi connectivity index (χ3v) is 8.70. The molecule has 3 atom stereocenters. The highest BCUT2D eigenvalue weighted by molar-refractivity contribution is 7.81. The Morgan fingerprint density at radius 3 is 2.77 bits per heavy atom. The fraction of sp³-hybridized carbons (Fsp3) is 0.217. The van der Waals surface area contributed by atoms with Crippen molar-refractivity contribution < 1.29 is 9.53 Å². The minimum atomic E-state index is -1.18. The topological polar surface area (TPSA) is 52.3 Å². The predicted molar refractivity (Wildman–Crippen MR) is 121 cm³/mol. The molecule has 6 nitrogen and oxygen atoms in total. The SMILES string of the molecule is COC(=O)[C@@H]1Cc2c3n(c4ccccc24)P(Cl)n2ccnc2[C@H]3N1Cc1ccccc1. The Labute approximate surface area is 185 Å². The van der Waals surface area contributed by atoms with Gasteiger partial charge in [0.25, 0.3) is 0 Å². The minimum absolute atomic E-state index is 0.187. The molecule has 156 valence electrons. The van der Waals surface area contributed by atoms with Crippen LogP contribution in [0.4, 0.5) is 0 Å². The van der Waals surface area contributed by atoms with Gasteiger partial charge in [0.15, 0.2) is 0 Å². The van der Waals surface area contributed by atoms with E-state index in [-0.39, 0.29) is 12.0 Å². The van der Waals surface area contributed by atoms with Gasteiger partial charge in [-0.3, -0.25) is 18.4 Å². The molecule has 0 fully saturated rings. The third kappa shape index (κ3) is 2.72. The number of rotatable bonds is 3. The first kappa shape index (κ1) is 19.1. The maximum absolute atomic E-state index is 13.0. The van der Waals surface area contributed by atoms with E-state index in [1.54, 1.807) is 6.20 Å². The first-order chi connectivity index (χ1) is 15.2. The number of para-hydroxylation sites is 1. The average molecular weight is 451 g/mol. The second kappa shape index (κ2) is 7.20. The van der Waals surface area contributed by atoms with Crippen LogP contribution in [-0.4, -0.2) is 37.7 Å². The summed E-state index contributed by atoms with van der Waals surface area (Å²) in [6.45, 7) is 0.610. The van der Waals surface area contributed by atoms with Gasteiger partial charge in [-0.1, -0.05) is 48.5 Å². The van der Waals surface area contributed by atoms with Gasteiger partial charge in [0, 0.05) is 30.7 Å². The van der Waals surface area contributed by atoms with Crippen LogP contribution >= 0.6 is 18.8 Å². The molecule has 2 aliphatic heterocycles. The zero-order chi connectivity index (χ0) is 21.1. The molecule has 6 rings (SSSR count). The largest absolute Gasteiger partial charge is 0.468 e. The van der Waals surface area contributed by atoms with Crippen LogP contribution in [-0.2, 0) is 22.5 Å². The fourth-order valence-electron chi connectivity index (χ4n) is 4.99. The molecule has 0 N–H and O–H groups in total. The van der Waals surface area contributed by atoms with Gasteiger partial charge in [0.2, 0.25) is 7.58 Å². The van der Waals surface area contributed by atoms with E-state index in [0.29, 0.717) is 13.0 Å². The molecule has 0 saturated carbocycles. The van der Waals surface area contributed by atoms with Crippen molar-refractivity contribution in [1.29, 1.82) is 0 Å². The highest BCUT2D eigenvalue weighted by Gasteiger charge is 2.47. The van der Waals surface area contributed by atoms with E-state index in [1.807, 2.05) is 36.5 Å². The van der Waals surface area contributed by atoms with E-state index >= 15 is 0 Å². The number of hydrogen-bond donors (Lipinski definition) is 0. The molecular formula is C23H20ClN4O2P. The van der Waals surface area contributed by atoms with Crippen LogP contribution < -0.4 is 0 Å². The number of nitrogens with zero attached hydrogens (tertiary/aromatic N) is 4. The van der Waals surface area contributed by atoms with Crippen LogP contribution in [0.25, 0.3) is 10.9 Å². The van der Waals surface area contributed by atoms with Crippen LogP contribution in [0.15, 0.2) is 67.0 Å². The van der Waals surface area contributed by atoms with E-state index in [4.69, 9.17) is 21.0 Å². The van der Waals surface area contributed by atoms with Crippen molar-refractivity contribution in [2.75, 3.05) is 7.11 Å². The molecule has 0 saturated heterocycles. The molecule has 0 spiro atoms. The van der Waals surface area contributed by atoms with E-state index in [2.05, 4.69) is 37.8 Å². The monoisotopic (exact) mass is 450 g/mol. The molecule has 2 aromatic carbocycles. The Morgan fingerprint density at radius 1 is 1.19 bits per heavy atom. The molecule has 2 aromatic heterocycles. The Balaban J connectivity index is 1.62. The number of carbonyl (C=O) groups excluding carboxylic acids is 1. The minimum Gasteiger partial charge on any atom is -0.468 e. The van der Waals surface area contributed by atoms with Crippen molar-refractivity contribution >= 4 is 35.7 Å².